The summed E-state index contributed by atoms with van der Waals surface area (Å²) >= 11 is 6.26. The van der Waals surface area contributed by atoms with Crippen LogP contribution in [0.1, 0.15) is 18.5 Å². The van der Waals surface area contributed by atoms with Crippen molar-refractivity contribution in [1.29, 1.82) is 5.26 Å². The number of fused-ring (bicyclic) bond motifs is 1. The number of carbonyl (C=O) groups is 1. The number of halogens is 1. The van der Waals surface area contributed by atoms with Crippen molar-refractivity contribution < 1.29 is 23.1 Å². The molecule has 9 nitrogen and oxygen atoms in total. The van der Waals surface area contributed by atoms with Crippen molar-refractivity contribution in [2.75, 3.05) is 30.1 Å². The lowest BCUT2D eigenvalue weighted by molar-refractivity contribution is -0.120. The van der Waals surface area contributed by atoms with Gasteiger partial charge in [-0.2, -0.15) is 10.2 Å². The summed E-state index contributed by atoms with van der Waals surface area (Å²) in [5.74, 6) is 1.91. The van der Waals surface area contributed by atoms with Gasteiger partial charge in [0.05, 0.1) is 17.0 Å². The first-order chi connectivity index (χ1) is 15.1. The van der Waals surface area contributed by atoms with Gasteiger partial charge >= 0.3 is 0 Å². The minimum absolute atomic E-state index is 0.116. The molecule has 1 amide bonds. The van der Waals surface area contributed by atoms with Crippen LogP contribution in [-0.4, -0.2) is 30.8 Å². The van der Waals surface area contributed by atoms with Crippen LogP contribution in [0.4, 0.5) is 11.6 Å². The molecule has 158 valence electrons. The number of hydrogen-bond donors (Lipinski definition) is 1. The standard InChI is InChI=1S/C21H17ClN4O5/c22-13-8-17-18(30-11-29-17)9-14(13)24-19(27)12-3-5-26(6-4-12)21-15(10-23)25-20(31-21)16-2-1-7-28-16/h1-2,7-9,12H,3-6,11H2,(H,24,27). The maximum Gasteiger partial charge on any atom is 0.266 e. The van der Waals surface area contributed by atoms with Gasteiger partial charge in [0.25, 0.3) is 5.89 Å². The van der Waals surface area contributed by atoms with E-state index in [1.54, 1.807) is 24.3 Å². The lowest BCUT2D eigenvalue weighted by Crippen LogP contribution is -2.38. The van der Waals surface area contributed by atoms with E-state index in [9.17, 15) is 10.1 Å². The average molecular weight is 441 g/mol. The first-order valence-corrected chi connectivity index (χ1v) is 10.1. The SMILES string of the molecule is N#Cc1nc(-c2ccco2)oc1N1CCC(C(=O)Nc2cc3c(cc2Cl)OCO3)CC1. The summed E-state index contributed by atoms with van der Waals surface area (Å²) in [6.07, 6.45) is 2.70. The number of nitrogens with zero attached hydrogens (tertiary/aromatic N) is 3. The number of carbonyl (C=O) groups excluding carboxylic acids is 1. The molecule has 0 radical (unpaired) electrons. The second kappa shape index (κ2) is 7.89. The van der Waals surface area contributed by atoms with Gasteiger partial charge < -0.3 is 28.5 Å². The summed E-state index contributed by atoms with van der Waals surface area (Å²) in [6.45, 7) is 1.23. The molecule has 0 aliphatic carbocycles. The van der Waals surface area contributed by atoms with E-state index in [0.717, 1.165) is 0 Å². The van der Waals surface area contributed by atoms with Crippen LogP contribution in [0.2, 0.25) is 5.02 Å². The molecule has 1 fully saturated rings. The number of furan rings is 1. The number of ether oxygens (including phenoxy) is 2. The Bertz CT molecular complexity index is 1160. The van der Waals surface area contributed by atoms with E-state index in [0.29, 0.717) is 59.8 Å². The summed E-state index contributed by atoms with van der Waals surface area (Å²) in [4.78, 5) is 18.9. The molecule has 0 atom stereocenters. The number of amides is 1. The second-order valence-electron chi connectivity index (χ2n) is 7.20. The van der Waals surface area contributed by atoms with Gasteiger partial charge in [-0.05, 0) is 25.0 Å². The van der Waals surface area contributed by atoms with E-state index in [1.165, 1.54) is 6.26 Å². The number of aromatic nitrogens is 1. The highest BCUT2D eigenvalue weighted by atomic mass is 35.5. The number of hydrogen-bond acceptors (Lipinski definition) is 8. The quantitative estimate of drug-likeness (QED) is 0.646. The predicted molar refractivity (Wildman–Crippen MR) is 110 cm³/mol. The van der Waals surface area contributed by atoms with E-state index in [-0.39, 0.29) is 30.2 Å². The van der Waals surface area contributed by atoms with E-state index in [4.69, 9.17) is 29.9 Å². The van der Waals surface area contributed by atoms with Crippen LogP contribution in [0, 0.1) is 17.2 Å². The molecule has 1 aromatic carbocycles. The summed E-state index contributed by atoms with van der Waals surface area (Å²) in [5.41, 5.74) is 0.685. The van der Waals surface area contributed by atoms with E-state index < -0.39 is 0 Å². The number of benzene rings is 1. The molecule has 2 aliphatic heterocycles. The van der Waals surface area contributed by atoms with Crippen molar-refractivity contribution in [3.8, 4) is 29.2 Å². The summed E-state index contributed by atoms with van der Waals surface area (Å²) in [5, 5.41) is 12.7. The third-order valence-corrected chi connectivity index (χ3v) is 5.63. The number of nitrogens with one attached hydrogen (secondary N) is 1. The number of oxazole rings is 1. The van der Waals surface area contributed by atoms with Crippen LogP contribution in [0.5, 0.6) is 11.5 Å². The minimum Gasteiger partial charge on any atom is -0.459 e. The molecule has 5 rings (SSSR count). The largest absolute Gasteiger partial charge is 0.459 e. The topological polar surface area (TPSA) is 114 Å². The number of anilines is 2. The van der Waals surface area contributed by atoms with Gasteiger partial charge in [0.1, 0.15) is 6.07 Å². The average Bonchev–Trinajstić information content (AvgIpc) is 3.54. The molecular formula is C21H17ClN4O5. The maximum absolute atomic E-state index is 12.8. The zero-order valence-electron chi connectivity index (χ0n) is 16.3. The first-order valence-electron chi connectivity index (χ1n) is 9.72. The molecule has 2 aliphatic rings. The highest BCUT2D eigenvalue weighted by Crippen LogP contribution is 2.39. The second-order valence-corrected chi connectivity index (χ2v) is 7.60. The lowest BCUT2D eigenvalue weighted by Gasteiger charge is -2.31. The van der Waals surface area contributed by atoms with Crippen molar-refractivity contribution in [3.63, 3.8) is 0 Å². The van der Waals surface area contributed by atoms with Crippen molar-refractivity contribution in [1.82, 2.24) is 4.98 Å². The molecule has 2 aromatic heterocycles. The number of piperidine rings is 1. The molecule has 10 heteroatoms. The molecule has 0 bridgehead atoms. The van der Waals surface area contributed by atoms with Crippen molar-refractivity contribution in [2.24, 2.45) is 5.92 Å². The number of rotatable bonds is 4. The fourth-order valence-electron chi connectivity index (χ4n) is 3.70. The molecule has 0 spiro atoms. The predicted octanol–water partition coefficient (Wildman–Crippen LogP) is 4.04. The van der Waals surface area contributed by atoms with Gasteiger partial charge in [0.15, 0.2) is 17.3 Å². The van der Waals surface area contributed by atoms with Crippen molar-refractivity contribution >= 4 is 29.1 Å². The molecule has 31 heavy (non-hydrogen) atoms. The molecule has 1 N–H and O–H groups in total. The van der Waals surface area contributed by atoms with Crippen LogP contribution >= 0.6 is 11.6 Å². The van der Waals surface area contributed by atoms with Gasteiger partial charge in [-0.3, -0.25) is 4.79 Å². The van der Waals surface area contributed by atoms with Gasteiger partial charge in [-0.1, -0.05) is 11.6 Å². The van der Waals surface area contributed by atoms with Gasteiger partial charge in [-0.25, -0.2) is 0 Å². The normalized spacial score (nSPS) is 15.7. The molecule has 0 unspecified atom stereocenters. The smallest absolute Gasteiger partial charge is 0.266 e. The number of nitriles is 1. The zero-order valence-corrected chi connectivity index (χ0v) is 17.0. The Morgan fingerprint density at radius 3 is 2.74 bits per heavy atom. The minimum atomic E-state index is -0.198. The Kier molecular flexibility index (Phi) is 4.92. The first kappa shape index (κ1) is 19.3. The zero-order chi connectivity index (χ0) is 21.4. The Labute approximate surface area is 182 Å². The Balaban J connectivity index is 1.25. The van der Waals surface area contributed by atoms with Crippen LogP contribution in [0.25, 0.3) is 11.7 Å². The lowest BCUT2D eigenvalue weighted by atomic mass is 9.95. The van der Waals surface area contributed by atoms with Crippen molar-refractivity contribution in [2.45, 2.75) is 12.8 Å². The third-order valence-electron chi connectivity index (χ3n) is 5.32. The van der Waals surface area contributed by atoms with Crippen LogP contribution < -0.4 is 19.7 Å². The van der Waals surface area contributed by atoms with Crippen molar-refractivity contribution in [3.05, 3.63) is 41.2 Å². The fraction of sp³-hybridized carbons (Fsp3) is 0.286. The van der Waals surface area contributed by atoms with Crippen LogP contribution in [-0.2, 0) is 4.79 Å². The van der Waals surface area contributed by atoms with E-state index >= 15 is 0 Å². The van der Waals surface area contributed by atoms with Crippen LogP contribution in [0.3, 0.4) is 0 Å². The van der Waals surface area contributed by atoms with E-state index in [1.807, 2.05) is 4.90 Å². The van der Waals surface area contributed by atoms with Gasteiger partial charge in [0, 0.05) is 31.1 Å². The Morgan fingerprint density at radius 2 is 2.03 bits per heavy atom. The molecule has 1 saturated heterocycles. The van der Waals surface area contributed by atoms with Gasteiger partial charge in [-0.15, -0.1) is 0 Å². The molecule has 4 heterocycles. The fourth-order valence-corrected chi connectivity index (χ4v) is 3.90. The molecule has 3 aromatic rings. The highest BCUT2D eigenvalue weighted by Gasteiger charge is 2.30. The van der Waals surface area contributed by atoms with E-state index in [2.05, 4.69) is 16.4 Å². The Morgan fingerprint density at radius 1 is 1.26 bits per heavy atom. The summed E-state index contributed by atoms with van der Waals surface area (Å²) in [6, 6.07) is 8.80. The summed E-state index contributed by atoms with van der Waals surface area (Å²) in [7, 11) is 0. The monoisotopic (exact) mass is 440 g/mol. The highest BCUT2D eigenvalue weighted by molar-refractivity contribution is 6.34. The Hall–Kier alpha value is -3.64. The maximum atomic E-state index is 12.8. The molecule has 0 saturated carbocycles. The third kappa shape index (κ3) is 3.66. The van der Waals surface area contributed by atoms with Crippen LogP contribution in [0.15, 0.2) is 39.4 Å². The van der Waals surface area contributed by atoms with Gasteiger partial charge in [0.2, 0.25) is 24.3 Å². The summed E-state index contributed by atoms with van der Waals surface area (Å²) < 4.78 is 21.7. The molecular weight excluding hydrogens is 424 g/mol.